The number of fused-ring (bicyclic) bond motifs is 1. The first-order valence-corrected chi connectivity index (χ1v) is 17.9. The van der Waals surface area contributed by atoms with Crippen molar-refractivity contribution in [3.8, 4) is 0 Å². The van der Waals surface area contributed by atoms with Gasteiger partial charge >= 0.3 is 111 Å². The van der Waals surface area contributed by atoms with Gasteiger partial charge in [0, 0.05) is 0 Å². The molecule has 0 aromatic heterocycles. The standard InChI is InChI=1S/C13H10.C9H11.C5H5.2ClH.Zr/c1-3-7-12(8-4-1)11-13-9-5-2-6-10-13;1-2-5-9-7-3-6-8(9)4-1;1-2-4-5-3-1;;;/h1-10H;3,6-7H,1-2,4-5H2;1-5H;2*1H;/q;2*-1;;;+2/p-2. The van der Waals surface area contributed by atoms with E-state index >= 15 is 0 Å². The Bertz CT molecular complexity index is 916. The van der Waals surface area contributed by atoms with Crippen LogP contribution in [0.1, 0.15) is 35.1 Å². The molecule has 30 heavy (non-hydrogen) atoms. The van der Waals surface area contributed by atoms with Gasteiger partial charge in [-0.15, -0.1) is 0 Å². The molecule has 0 nitrogen and oxygen atoms in total. The van der Waals surface area contributed by atoms with Gasteiger partial charge < -0.3 is 0 Å². The molecule has 1 aliphatic carbocycles. The minimum Gasteiger partial charge on any atom is -0.214 e. The maximum Gasteiger partial charge on any atom is -0.0512 e. The Labute approximate surface area is 195 Å². The van der Waals surface area contributed by atoms with Gasteiger partial charge in [0.15, 0.2) is 0 Å². The molecule has 0 saturated carbocycles. The maximum atomic E-state index is 6.24. The second-order valence-electron chi connectivity index (χ2n) is 7.11. The summed E-state index contributed by atoms with van der Waals surface area (Å²) >= 11 is -2.44. The molecule has 0 saturated heterocycles. The summed E-state index contributed by atoms with van der Waals surface area (Å²) < 4.78 is 1.15. The Hall–Kier alpha value is -1.53. The van der Waals surface area contributed by atoms with Crippen molar-refractivity contribution in [3.05, 3.63) is 131 Å². The van der Waals surface area contributed by atoms with Crippen LogP contribution in [0.25, 0.3) is 0 Å². The molecule has 0 atom stereocenters. The molecule has 4 aromatic carbocycles. The fourth-order valence-electron chi connectivity index (χ4n) is 3.53. The van der Waals surface area contributed by atoms with E-state index in [1.165, 1.54) is 25.7 Å². The molecule has 0 heterocycles. The fourth-order valence-corrected chi connectivity index (χ4v) is 8.00. The summed E-state index contributed by atoms with van der Waals surface area (Å²) in [6.07, 6.45) is 5.44. The van der Waals surface area contributed by atoms with E-state index in [1.54, 1.807) is 11.1 Å². The molecule has 0 spiro atoms. The number of rotatable bonds is 2. The van der Waals surface area contributed by atoms with Gasteiger partial charge in [-0.1, -0.05) is 25.7 Å². The minimum atomic E-state index is -2.44. The topological polar surface area (TPSA) is 0 Å². The second kappa shape index (κ2) is 13.0. The minimum absolute atomic E-state index is 1.15. The van der Waals surface area contributed by atoms with Gasteiger partial charge in [-0.25, -0.2) is 18.2 Å². The van der Waals surface area contributed by atoms with Crippen molar-refractivity contribution in [1.29, 1.82) is 0 Å². The van der Waals surface area contributed by atoms with Crippen LogP contribution in [0.15, 0.2) is 109 Å². The van der Waals surface area contributed by atoms with E-state index in [0.29, 0.717) is 0 Å². The molecule has 154 valence electrons. The van der Waals surface area contributed by atoms with Crippen LogP contribution in [0, 0.1) is 0 Å². The Morgan fingerprint density at radius 1 is 0.667 bits per heavy atom. The van der Waals surface area contributed by atoms with E-state index in [4.69, 9.17) is 17.0 Å². The van der Waals surface area contributed by atoms with E-state index in [9.17, 15) is 0 Å². The molecule has 3 heteroatoms. The summed E-state index contributed by atoms with van der Waals surface area (Å²) in [4.78, 5) is 0. The molecule has 0 aliphatic heterocycles. The fraction of sp³-hybridized carbons (Fsp3) is 0.148. The predicted octanol–water partition coefficient (Wildman–Crippen LogP) is 7.87. The van der Waals surface area contributed by atoms with Gasteiger partial charge in [0.1, 0.15) is 0 Å². The van der Waals surface area contributed by atoms with Crippen LogP contribution in [-0.4, -0.2) is 3.21 Å². The predicted molar refractivity (Wildman–Crippen MR) is 129 cm³/mol. The van der Waals surface area contributed by atoms with Crippen LogP contribution in [0.2, 0.25) is 0 Å². The molecule has 0 fully saturated rings. The van der Waals surface area contributed by atoms with E-state index in [1.807, 2.05) is 66.7 Å². The number of hydrogen-bond donors (Lipinski definition) is 0. The smallest absolute Gasteiger partial charge is 0.0512 e. The first-order chi connectivity index (χ1) is 14.8. The summed E-state index contributed by atoms with van der Waals surface area (Å²) in [6.45, 7) is 0. The quantitative estimate of drug-likeness (QED) is 0.240. The van der Waals surface area contributed by atoms with Gasteiger partial charge in [0.2, 0.25) is 0 Å². The first kappa shape index (κ1) is 23.1. The molecule has 1 aliphatic rings. The van der Waals surface area contributed by atoms with Crippen LogP contribution in [0.5, 0.6) is 0 Å². The van der Waals surface area contributed by atoms with Crippen molar-refractivity contribution in [3.63, 3.8) is 0 Å². The van der Waals surface area contributed by atoms with Gasteiger partial charge in [-0.05, 0) is 0 Å². The van der Waals surface area contributed by atoms with Crippen LogP contribution in [0.4, 0.5) is 0 Å². The average Bonchev–Trinajstić information content (AvgIpc) is 3.51. The van der Waals surface area contributed by atoms with Crippen LogP contribution < -0.4 is 0 Å². The van der Waals surface area contributed by atoms with Crippen molar-refractivity contribution < 1.29 is 18.9 Å². The summed E-state index contributed by atoms with van der Waals surface area (Å²) in [5.41, 5.74) is 5.49. The molecule has 0 amide bonds. The van der Waals surface area contributed by atoms with E-state index < -0.39 is 18.9 Å². The molecule has 0 N–H and O–H groups in total. The van der Waals surface area contributed by atoms with E-state index in [-0.39, 0.29) is 0 Å². The Balaban J connectivity index is 0.000000151. The third-order valence-corrected chi connectivity index (χ3v) is 9.60. The van der Waals surface area contributed by atoms with Crippen molar-refractivity contribution in [2.45, 2.75) is 25.7 Å². The molecule has 0 unspecified atom stereocenters. The number of aryl methyl sites for hydroxylation is 2. The Morgan fingerprint density at radius 3 is 1.70 bits per heavy atom. The van der Waals surface area contributed by atoms with Crippen molar-refractivity contribution in [1.82, 2.24) is 0 Å². The van der Waals surface area contributed by atoms with Crippen molar-refractivity contribution >= 4 is 20.2 Å². The SMILES string of the molecule is [Cl][Zr]([Cl])=[C](c1ccccc1)c1ccccc1.c1cc2c([cH-]1)CCCC2.c1cc[cH-]c1. The molecular weight excluding hydrogens is 486 g/mol. The summed E-state index contributed by atoms with van der Waals surface area (Å²) in [5.74, 6) is 0. The summed E-state index contributed by atoms with van der Waals surface area (Å²) in [5, 5.41) is 0. The zero-order valence-corrected chi connectivity index (χ0v) is 20.9. The van der Waals surface area contributed by atoms with E-state index in [0.717, 1.165) is 14.3 Å². The Morgan fingerprint density at radius 2 is 1.23 bits per heavy atom. The third-order valence-electron chi connectivity index (χ3n) is 5.02. The number of hydrogen-bond acceptors (Lipinski definition) is 0. The summed E-state index contributed by atoms with van der Waals surface area (Å²) in [7, 11) is 12.5. The molecule has 0 radical (unpaired) electrons. The monoisotopic (exact) mass is 510 g/mol. The van der Waals surface area contributed by atoms with Crippen LogP contribution in [-0.2, 0) is 31.7 Å². The van der Waals surface area contributed by atoms with E-state index in [2.05, 4.69) is 42.5 Å². The van der Waals surface area contributed by atoms with Crippen molar-refractivity contribution in [2.75, 3.05) is 0 Å². The zero-order chi connectivity index (χ0) is 21.0. The number of halogens is 2. The maximum absolute atomic E-state index is 6.24. The van der Waals surface area contributed by atoms with Gasteiger partial charge in [0.25, 0.3) is 0 Å². The first-order valence-electron chi connectivity index (χ1n) is 10.3. The van der Waals surface area contributed by atoms with Gasteiger partial charge in [-0.2, -0.15) is 41.5 Å². The normalized spacial score (nSPS) is 11.8. The van der Waals surface area contributed by atoms with Gasteiger partial charge in [-0.3, -0.25) is 0 Å². The number of benzene rings is 2. The molecule has 4 aromatic rings. The van der Waals surface area contributed by atoms with Crippen molar-refractivity contribution in [2.24, 2.45) is 0 Å². The van der Waals surface area contributed by atoms with Crippen LogP contribution in [0.3, 0.4) is 0 Å². The molecular formula is C27H26Cl2Zr-2. The second-order valence-corrected chi connectivity index (χ2v) is 15.2. The summed E-state index contributed by atoms with van der Waals surface area (Å²) in [6, 6.07) is 37.0. The van der Waals surface area contributed by atoms with Crippen LogP contribution >= 0.6 is 17.0 Å². The Kier molecular flexibility index (Phi) is 10.0. The largest absolute Gasteiger partial charge is 0.214 e. The third kappa shape index (κ3) is 7.31. The molecule has 5 rings (SSSR count). The van der Waals surface area contributed by atoms with Gasteiger partial charge in [0.05, 0.1) is 0 Å². The zero-order valence-electron chi connectivity index (χ0n) is 17.0. The average molecular weight is 513 g/mol. The molecule has 0 bridgehead atoms.